The van der Waals surface area contributed by atoms with Gasteiger partial charge in [-0.3, -0.25) is 4.98 Å². The molecule has 0 amide bonds. The first-order chi connectivity index (χ1) is 20.2. The third-order valence-electron chi connectivity index (χ3n) is 8.60. The third-order valence-corrected chi connectivity index (χ3v) is 10.7. The maximum Gasteiger partial charge on any atom is 0.224 e. The largest absolute Gasteiger partial charge is 0.390 e. The van der Waals surface area contributed by atoms with Crippen molar-refractivity contribution in [2.75, 3.05) is 42.4 Å². The van der Waals surface area contributed by atoms with E-state index in [1.165, 1.54) is 25.7 Å². The Morgan fingerprint density at radius 1 is 1.10 bits per heavy atom. The number of aromatic nitrogens is 4. The minimum atomic E-state index is -3.33. The summed E-state index contributed by atoms with van der Waals surface area (Å²) in [5.41, 5.74) is 3.35. The Hall–Kier alpha value is -2.45. The molecule has 13 heteroatoms. The SMILES string of the molecule is Cc1nc(NCCOCC2CCCC2)nc(N[C@@H]2C[C@H](CS(C)(=O)=O)[C@@H](O)[C@H]2O)c1-c1nc2c(C3CC3)nccc2s1. The second-order valence-corrected chi connectivity index (χ2v) is 15.4. The van der Waals surface area contributed by atoms with Gasteiger partial charge in [0.2, 0.25) is 5.95 Å². The van der Waals surface area contributed by atoms with Crippen molar-refractivity contribution >= 4 is 43.2 Å². The van der Waals surface area contributed by atoms with Crippen molar-refractivity contribution in [1.82, 2.24) is 19.9 Å². The van der Waals surface area contributed by atoms with Crippen molar-refractivity contribution in [3.8, 4) is 10.6 Å². The molecule has 42 heavy (non-hydrogen) atoms. The number of rotatable bonds is 12. The molecular weight excluding hydrogens is 576 g/mol. The summed E-state index contributed by atoms with van der Waals surface area (Å²) in [5, 5.41) is 28.9. The summed E-state index contributed by atoms with van der Waals surface area (Å²) in [4.78, 5) is 19.1. The van der Waals surface area contributed by atoms with Crippen LogP contribution in [-0.4, -0.2) is 88.6 Å². The number of aliphatic hydroxyl groups is 2. The summed E-state index contributed by atoms with van der Waals surface area (Å²) in [7, 11) is -3.33. The van der Waals surface area contributed by atoms with Crippen LogP contribution in [-0.2, 0) is 14.6 Å². The number of anilines is 2. The van der Waals surface area contributed by atoms with Crippen LogP contribution < -0.4 is 10.6 Å². The van der Waals surface area contributed by atoms with Crippen molar-refractivity contribution in [3.63, 3.8) is 0 Å². The zero-order valence-corrected chi connectivity index (χ0v) is 25.8. The van der Waals surface area contributed by atoms with E-state index in [1.807, 2.05) is 19.2 Å². The van der Waals surface area contributed by atoms with E-state index in [9.17, 15) is 18.6 Å². The van der Waals surface area contributed by atoms with Crippen LogP contribution in [0.25, 0.3) is 20.8 Å². The van der Waals surface area contributed by atoms with Crippen LogP contribution >= 0.6 is 11.3 Å². The highest BCUT2D eigenvalue weighted by Crippen LogP contribution is 2.44. The number of thiazole rings is 1. The van der Waals surface area contributed by atoms with E-state index in [1.54, 1.807) is 11.3 Å². The normalized spacial score (nSPS) is 25.0. The maximum absolute atomic E-state index is 12.0. The molecule has 3 heterocycles. The second kappa shape index (κ2) is 12.3. The summed E-state index contributed by atoms with van der Waals surface area (Å²) in [6, 6.07) is 1.38. The lowest BCUT2D eigenvalue weighted by Gasteiger charge is -2.21. The van der Waals surface area contributed by atoms with Crippen molar-refractivity contribution in [2.24, 2.45) is 11.8 Å². The Balaban J connectivity index is 1.26. The Kier molecular flexibility index (Phi) is 8.65. The molecule has 11 nitrogen and oxygen atoms in total. The fourth-order valence-electron chi connectivity index (χ4n) is 6.31. The standard InChI is InChI=1S/C29H40N6O5S2/c1-16-22(28-34-24-21(41-28)9-10-30-23(24)18-7-8-18)27(33-20-13-19(15-42(2,38)39)25(36)26(20)37)35-29(32-16)31-11-12-40-14-17-5-3-4-6-17/h9-10,17-20,25-26,36-37H,3-8,11-15H2,1-2H3,(H2,31,32,33,35)/t19-,20-,25-,26+/m1/s1. The first-order valence-corrected chi connectivity index (χ1v) is 17.8. The van der Waals surface area contributed by atoms with Crippen molar-refractivity contribution in [1.29, 1.82) is 0 Å². The molecule has 0 radical (unpaired) electrons. The Bertz CT molecular complexity index is 1520. The van der Waals surface area contributed by atoms with Crippen LogP contribution in [0, 0.1) is 18.8 Å². The molecule has 3 aliphatic carbocycles. The van der Waals surface area contributed by atoms with Gasteiger partial charge in [-0.25, -0.2) is 18.4 Å². The number of aliphatic hydroxyl groups excluding tert-OH is 2. The van der Waals surface area contributed by atoms with Gasteiger partial charge in [-0.1, -0.05) is 12.8 Å². The van der Waals surface area contributed by atoms with Crippen LogP contribution in [0.5, 0.6) is 0 Å². The molecule has 228 valence electrons. The Morgan fingerprint density at radius 3 is 2.62 bits per heavy atom. The van der Waals surface area contributed by atoms with E-state index >= 15 is 0 Å². The molecule has 0 saturated heterocycles. The Morgan fingerprint density at radius 2 is 1.88 bits per heavy atom. The topological polar surface area (TPSA) is 159 Å². The van der Waals surface area contributed by atoms with Gasteiger partial charge in [-0.2, -0.15) is 4.98 Å². The molecule has 6 rings (SSSR count). The molecule has 3 saturated carbocycles. The van der Waals surface area contributed by atoms with Crippen LogP contribution in [0.15, 0.2) is 12.3 Å². The number of nitrogens with one attached hydrogen (secondary N) is 2. The van der Waals surface area contributed by atoms with Gasteiger partial charge in [0.15, 0.2) is 0 Å². The zero-order chi connectivity index (χ0) is 29.4. The number of aryl methyl sites for hydroxylation is 1. The van der Waals surface area contributed by atoms with E-state index in [2.05, 4.69) is 15.6 Å². The molecule has 0 unspecified atom stereocenters. The lowest BCUT2D eigenvalue weighted by Crippen LogP contribution is -2.36. The van der Waals surface area contributed by atoms with Crippen LogP contribution in [0.2, 0.25) is 0 Å². The minimum Gasteiger partial charge on any atom is -0.390 e. The van der Waals surface area contributed by atoms with E-state index in [4.69, 9.17) is 19.7 Å². The Labute approximate surface area is 250 Å². The number of nitrogens with zero attached hydrogens (tertiary/aromatic N) is 4. The van der Waals surface area contributed by atoms with Gasteiger partial charge >= 0.3 is 0 Å². The smallest absolute Gasteiger partial charge is 0.224 e. The molecule has 4 atom stereocenters. The fourth-order valence-corrected chi connectivity index (χ4v) is 8.49. The predicted octanol–water partition coefficient (Wildman–Crippen LogP) is 3.52. The molecule has 4 N–H and O–H groups in total. The van der Waals surface area contributed by atoms with E-state index in [0.29, 0.717) is 48.0 Å². The summed E-state index contributed by atoms with van der Waals surface area (Å²) < 4.78 is 30.8. The average Bonchev–Trinajstić information content (AvgIpc) is 3.36. The van der Waals surface area contributed by atoms with Crippen LogP contribution in [0.4, 0.5) is 11.8 Å². The highest BCUT2D eigenvalue weighted by Gasteiger charge is 2.43. The summed E-state index contributed by atoms with van der Waals surface area (Å²) in [6.07, 6.45) is 8.25. The molecule has 0 bridgehead atoms. The molecular formula is C29H40N6O5S2. The van der Waals surface area contributed by atoms with Gasteiger partial charge in [-0.05, 0) is 51.0 Å². The van der Waals surface area contributed by atoms with Crippen molar-refractivity contribution < 1.29 is 23.4 Å². The quantitative estimate of drug-likeness (QED) is 0.221. The van der Waals surface area contributed by atoms with Gasteiger partial charge < -0.3 is 25.6 Å². The summed E-state index contributed by atoms with van der Waals surface area (Å²) >= 11 is 1.55. The summed E-state index contributed by atoms with van der Waals surface area (Å²) in [6.45, 7) is 3.77. The van der Waals surface area contributed by atoms with Crippen LogP contribution in [0.1, 0.15) is 62.3 Å². The number of pyridine rings is 1. The molecule has 3 aromatic heterocycles. The second-order valence-electron chi connectivity index (χ2n) is 12.2. The lowest BCUT2D eigenvalue weighted by molar-refractivity contribution is 0.0216. The predicted molar refractivity (Wildman–Crippen MR) is 164 cm³/mol. The highest BCUT2D eigenvalue weighted by molar-refractivity contribution is 7.90. The maximum atomic E-state index is 12.0. The number of hydrogen-bond donors (Lipinski definition) is 4. The molecule has 3 aliphatic rings. The number of hydrogen-bond acceptors (Lipinski definition) is 12. The molecule has 0 aromatic carbocycles. The van der Waals surface area contributed by atoms with E-state index in [-0.39, 0.29) is 12.2 Å². The van der Waals surface area contributed by atoms with E-state index < -0.39 is 34.0 Å². The van der Waals surface area contributed by atoms with Crippen molar-refractivity contribution in [2.45, 2.75) is 76.0 Å². The molecule has 0 aliphatic heterocycles. The molecule has 3 fully saturated rings. The van der Waals surface area contributed by atoms with Gasteiger partial charge in [0.1, 0.15) is 32.3 Å². The number of fused-ring (bicyclic) bond motifs is 1. The van der Waals surface area contributed by atoms with Gasteiger partial charge in [0.25, 0.3) is 0 Å². The third kappa shape index (κ3) is 6.70. The minimum absolute atomic E-state index is 0.193. The average molecular weight is 617 g/mol. The first-order valence-electron chi connectivity index (χ1n) is 14.9. The van der Waals surface area contributed by atoms with E-state index in [0.717, 1.165) is 46.6 Å². The first kappa shape index (κ1) is 29.6. The lowest BCUT2D eigenvalue weighted by atomic mass is 10.1. The zero-order valence-electron chi connectivity index (χ0n) is 24.1. The van der Waals surface area contributed by atoms with Gasteiger partial charge in [0.05, 0.1) is 46.2 Å². The summed E-state index contributed by atoms with van der Waals surface area (Å²) in [5.74, 6) is 1.23. The number of sulfone groups is 1. The monoisotopic (exact) mass is 616 g/mol. The van der Waals surface area contributed by atoms with Crippen LogP contribution in [0.3, 0.4) is 0 Å². The molecule has 3 aromatic rings. The number of ether oxygens (including phenoxy) is 1. The highest BCUT2D eigenvalue weighted by atomic mass is 32.2. The fraction of sp³-hybridized carbons (Fsp3) is 0.655. The van der Waals surface area contributed by atoms with Crippen molar-refractivity contribution in [3.05, 3.63) is 23.7 Å². The van der Waals surface area contributed by atoms with Gasteiger partial charge in [0, 0.05) is 37.4 Å². The molecule has 0 spiro atoms. The van der Waals surface area contributed by atoms with Gasteiger partial charge in [-0.15, -0.1) is 11.3 Å².